The summed E-state index contributed by atoms with van der Waals surface area (Å²) in [4.78, 5) is 28.2. The van der Waals surface area contributed by atoms with Crippen molar-refractivity contribution >= 4 is 51.9 Å². The van der Waals surface area contributed by atoms with Crippen LogP contribution in [0, 0.1) is 5.41 Å². The van der Waals surface area contributed by atoms with E-state index in [0.29, 0.717) is 27.5 Å². The van der Waals surface area contributed by atoms with E-state index in [2.05, 4.69) is 5.32 Å². The zero-order valence-electron chi connectivity index (χ0n) is 19.8. The SMILES string of the molecule is CN(C)c1ccc(NC(=O)COC(=O)c2ccc(N3CC(O)=C(c4ccc(Cl)cc4)C3=N)cc2)cc1. The van der Waals surface area contributed by atoms with Crippen LogP contribution in [0.15, 0.2) is 78.6 Å². The van der Waals surface area contributed by atoms with E-state index in [1.165, 1.54) is 0 Å². The fraction of sp³-hybridized carbons (Fsp3) is 0.148. The van der Waals surface area contributed by atoms with Gasteiger partial charge in [0.1, 0.15) is 11.6 Å². The third-order valence-corrected chi connectivity index (χ3v) is 5.90. The van der Waals surface area contributed by atoms with Crippen LogP contribution in [-0.2, 0) is 9.53 Å². The van der Waals surface area contributed by atoms with E-state index in [-0.39, 0.29) is 23.7 Å². The quantitative estimate of drug-likeness (QED) is 0.392. The molecule has 0 radical (unpaired) electrons. The second kappa shape index (κ2) is 10.5. The van der Waals surface area contributed by atoms with Gasteiger partial charge in [-0.25, -0.2) is 4.79 Å². The second-order valence-corrected chi connectivity index (χ2v) is 8.81. The van der Waals surface area contributed by atoms with Gasteiger partial charge in [-0.15, -0.1) is 0 Å². The summed E-state index contributed by atoms with van der Waals surface area (Å²) in [6, 6.07) is 20.6. The number of aliphatic hydroxyl groups is 1. The summed E-state index contributed by atoms with van der Waals surface area (Å²) in [7, 11) is 3.85. The number of hydrogen-bond donors (Lipinski definition) is 3. The first-order chi connectivity index (χ1) is 17.2. The molecule has 1 amide bonds. The Balaban J connectivity index is 1.33. The third kappa shape index (κ3) is 5.50. The highest BCUT2D eigenvalue weighted by molar-refractivity contribution is 6.32. The molecule has 0 spiro atoms. The maximum Gasteiger partial charge on any atom is 0.338 e. The Hall–Kier alpha value is -4.30. The molecule has 8 nitrogen and oxygen atoms in total. The van der Waals surface area contributed by atoms with Crippen molar-refractivity contribution in [2.75, 3.05) is 42.4 Å². The van der Waals surface area contributed by atoms with E-state index in [0.717, 1.165) is 5.69 Å². The number of esters is 1. The smallest absolute Gasteiger partial charge is 0.338 e. The van der Waals surface area contributed by atoms with E-state index in [1.54, 1.807) is 65.6 Å². The lowest BCUT2D eigenvalue weighted by Crippen LogP contribution is -2.26. The molecule has 1 aliphatic rings. The first kappa shape index (κ1) is 24.8. The molecule has 1 aliphatic heterocycles. The van der Waals surface area contributed by atoms with Gasteiger partial charge in [-0.05, 0) is 66.2 Å². The summed E-state index contributed by atoms with van der Waals surface area (Å²) in [6.07, 6.45) is 0. The van der Waals surface area contributed by atoms with Gasteiger partial charge < -0.3 is 25.0 Å². The first-order valence-electron chi connectivity index (χ1n) is 11.1. The molecular formula is C27H25ClN4O4. The number of anilines is 3. The van der Waals surface area contributed by atoms with Crippen LogP contribution in [0.25, 0.3) is 5.57 Å². The molecule has 0 fully saturated rings. The van der Waals surface area contributed by atoms with Crippen molar-refractivity contribution in [1.29, 1.82) is 5.41 Å². The Morgan fingerprint density at radius 3 is 2.28 bits per heavy atom. The number of benzene rings is 3. The maximum atomic E-state index is 12.4. The number of aliphatic hydroxyl groups excluding tert-OH is 1. The van der Waals surface area contributed by atoms with Crippen LogP contribution < -0.4 is 15.1 Å². The van der Waals surface area contributed by atoms with Gasteiger partial charge in [-0.2, -0.15) is 0 Å². The van der Waals surface area contributed by atoms with Gasteiger partial charge >= 0.3 is 5.97 Å². The summed E-state index contributed by atoms with van der Waals surface area (Å²) < 4.78 is 5.14. The summed E-state index contributed by atoms with van der Waals surface area (Å²) in [6.45, 7) is -0.286. The molecule has 0 aliphatic carbocycles. The topological polar surface area (TPSA) is 106 Å². The number of nitrogens with one attached hydrogen (secondary N) is 2. The van der Waals surface area contributed by atoms with Crippen LogP contribution in [0.2, 0.25) is 5.02 Å². The predicted octanol–water partition coefficient (Wildman–Crippen LogP) is 4.97. The molecule has 0 unspecified atom stereocenters. The number of halogens is 1. The van der Waals surface area contributed by atoms with Gasteiger partial charge in [-0.3, -0.25) is 10.2 Å². The van der Waals surface area contributed by atoms with Gasteiger partial charge in [-0.1, -0.05) is 23.7 Å². The van der Waals surface area contributed by atoms with Crippen molar-refractivity contribution in [3.8, 4) is 0 Å². The normalized spacial score (nSPS) is 13.1. The van der Waals surface area contributed by atoms with Crippen LogP contribution >= 0.6 is 11.6 Å². The number of carbonyl (C=O) groups is 2. The highest BCUT2D eigenvalue weighted by Gasteiger charge is 2.29. The molecule has 0 saturated heterocycles. The molecule has 1 heterocycles. The minimum absolute atomic E-state index is 0.0770. The van der Waals surface area contributed by atoms with E-state index in [1.807, 2.05) is 31.1 Å². The average molecular weight is 505 g/mol. The van der Waals surface area contributed by atoms with Crippen LogP contribution in [0.3, 0.4) is 0 Å². The number of carbonyl (C=O) groups excluding carboxylic acids is 2. The number of hydrogen-bond acceptors (Lipinski definition) is 6. The summed E-state index contributed by atoms with van der Waals surface area (Å²) in [5.41, 5.74) is 3.62. The highest BCUT2D eigenvalue weighted by Crippen LogP contribution is 2.31. The summed E-state index contributed by atoms with van der Waals surface area (Å²) in [5, 5.41) is 22.3. The van der Waals surface area contributed by atoms with Gasteiger partial charge in [0.25, 0.3) is 5.91 Å². The van der Waals surface area contributed by atoms with Crippen LogP contribution in [0.1, 0.15) is 15.9 Å². The van der Waals surface area contributed by atoms with Gasteiger partial charge in [0.2, 0.25) is 0 Å². The first-order valence-corrected chi connectivity index (χ1v) is 11.5. The minimum Gasteiger partial charge on any atom is -0.510 e. The van der Waals surface area contributed by atoms with Crippen molar-refractivity contribution in [2.24, 2.45) is 0 Å². The Bertz CT molecular complexity index is 1320. The lowest BCUT2D eigenvalue weighted by Gasteiger charge is -2.19. The highest BCUT2D eigenvalue weighted by atomic mass is 35.5. The number of ether oxygens (including phenoxy) is 1. The number of rotatable bonds is 7. The fourth-order valence-electron chi connectivity index (χ4n) is 3.75. The monoisotopic (exact) mass is 504 g/mol. The Morgan fingerprint density at radius 1 is 1.03 bits per heavy atom. The van der Waals surface area contributed by atoms with Crippen molar-refractivity contribution < 1.29 is 19.4 Å². The third-order valence-electron chi connectivity index (χ3n) is 5.65. The molecule has 0 atom stereocenters. The van der Waals surface area contributed by atoms with Crippen LogP contribution in [0.4, 0.5) is 17.1 Å². The second-order valence-electron chi connectivity index (χ2n) is 8.38. The molecule has 0 aromatic heterocycles. The largest absolute Gasteiger partial charge is 0.510 e. The molecule has 3 N–H and O–H groups in total. The molecule has 0 saturated carbocycles. The summed E-state index contributed by atoms with van der Waals surface area (Å²) >= 11 is 5.94. The molecule has 3 aromatic rings. The van der Waals surface area contributed by atoms with E-state index in [4.69, 9.17) is 21.7 Å². The van der Waals surface area contributed by atoms with Crippen molar-refractivity contribution in [3.63, 3.8) is 0 Å². The van der Waals surface area contributed by atoms with Gasteiger partial charge in [0.15, 0.2) is 6.61 Å². The van der Waals surface area contributed by atoms with Crippen molar-refractivity contribution in [2.45, 2.75) is 0 Å². The van der Waals surface area contributed by atoms with Crippen molar-refractivity contribution in [3.05, 3.63) is 94.7 Å². The zero-order valence-corrected chi connectivity index (χ0v) is 20.5. The molecule has 3 aromatic carbocycles. The number of amides is 1. The maximum absolute atomic E-state index is 12.4. The van der Waals surface area contributed by atoms with E-state index in [9.17, 15) is 14.7 Å². The Labute approximate surface area is 213 Å². The average Bonchev–Trinajstić information content (AvgIpc) is 3.17. The Morgan fingerprint density at radius 2 is 1.67 bits per heavy atom. The van der Waals surface area contributed by atoms with Crippen LogP contribution in [-0.4, -0.2) is 50.1 Å². The predicted molar refractivity (Wildman–Crippen MR) is 142 cm³/mol. The zero-order chi connectivity index (χ0) is 25.8. The minimum atomic E-state index is -0.640. The molecule has 4 rings (SSSR count). The molecular weight excluding hydrogens is 480 g/mol. The molecule has 0 bridgehead atoms. The standard InChI is InChI=1S/C27H25ClN4O4/c1-31(2)21-13-9-20(10-14-21)30-24(34)16-36-27(35)18-5-11-22(12-6-18)32-15-23(33)25(26(32)29)17-3-7-19(28)8-4-17/h3-14,29,33H,15-16H2,1-2H3,(H,30,34). The summed E-state index contributed by atoms with van der Waals surface area (Å²) in [5.74, 6) is -0.869. The molecule has 9 heteroatoms. The van der Waals surface area contributed by atoms with E-state index < -0.39 is 18.5 Å². The molecule has 184 valence electrons. The molecule has 36 heavy (non-hydrogen) atoms. The van der Waals surface area contributed by atoms with Crippen LogP contribution in [0.5, 0.6) is 0 Å². The van der Waals surface area contributed by atoms with Gasteiger partial charge in [0.05, 0.1) is 17.7 Å². The van der Waals surface area contributed by atoms with Gasteiger partial charge in [0, 0.05) is 36.2 Å². The Kier molecular flexibility index (Phi) is 7.26. The number of nitrogens with zero attached hydrogens (tertiary/aromatic N) is 2. The van der Waals surface area contributed by atoms with E-state index >= 15 is 0 Å². The fourth-order valence-corrected chi connectivity index (χ4v) is 3.88. The lowest BCUT2D eigenvalue weighted by molar-refractivity contribution is -0.119. The lowest BCUT2D eigenvalue weighted by atomic mass is 10.1. The number of amidine groups is 1. The van der Waals surface area contributed by atoms with Crippen molar-refractivity contribution in [1.82, 2.24) is 0 Å².